The fraction of sp³-hybridized carbons (Fsp3) is 0. The Hall–Kier alpha value is -3.58. The average molecular weight is 381 g/mol. The standard InChI is InChI=1S/C19H13ClN4O3/c20-15-5-7-16(8-6-15)23-18(25)9-4-13-11-21-19(22-12-13)14-2-1-3-17(10-14)24(26)27/h1-12H,(H,23,25). The van der Waals surface area contributed by atoms with Crippen LogP contribution in [-0.2, 0) is 4.79 Å². The molecule has 27 heavy (non-hydrogen) atoms. The zero-order chi connectivity index (χ0) is 19.2. The zero-order valence-electron chi connectivity index (χ0n) is 13.9. The Morgan fingerprint density at radius 1 is 1.11 bits per heavy atom. The van der Waals surface area contributed by atoms with Crippen molar-refractivity contribution in [3.8, 4) is 11.4 Å². The SMILES string of the molecule is O=C(C=Cc1cnc(-c2cccc([N+](=O)[O-])c2)nc1)Nc1ccc(Cl)cc1. The summed E-state index contributed by atoms with van der Waals surface area (Å²) in [6.45, 7) is 0. The molecule has 0 aliphatic carbocycles. The molecular formula is C19H13ClN4O3. The van der Waals surface area contributed by atoms with Crippen LogP contribution >= 0.6 is 11.6 Å². The van der Waals surface area contributed by atoms with E-state index in [1.165, 1.54) is 30.6 Å². The van der Waals surface area contributed by atoms with Gasteiger partial charge in [0.25, 0.3) is 5.69 Å². The number of carbonyl (C=O) groups excluding carboxylic acids is 1. The Bertz CT molecular complexity index is 1000. The number of nitro groups is 1. The summed E-state index contributed by atoms with van der Waals surface area (Å²) in [5.74, 6) is 0.0570. The van der Waals surface area contributed by atoms with Crippen LogP contribution in [-0.4, -0.2) is 20.8 Å². The Kier molecular flexibility index (Phi) is 5.53. The van der Waals surface area contributed by atoms with Gasteiger partial charge in [0.15, 0.2) is 5.82 Å². The van der Waals surface area contributed by atoms with Gasteiger partial charge in [0.1, 0.15) is 0 Å². The third-order valence-corrected chi connectivity index (χ3v) is 3.78. The smallest absolute Gasteiger partial charge is 0.270 e. The van der Waals surface area contributed by atoms with Gasteiger partial charge < -0.3 is 5.32 Å². The number of amides is 1. The number of hydrogen-bond acceptors (Lipinski definition) is 5. The van der Waals surface area contributed by atoms with Gasteiger partial charge >= 0.3 is 0 Å². The van der Waals surface area contributed by atoms with Crippen LogP contribution in [0, 0.1) is 10.1 Å². The van der Waals surface area contributed by atoms with Gasteiger partial charge in [0.05, 0.1) is 4.92 Å². The predicted molar refractivity (Wildman–Crippen MR) is 103 cm³/mol. The zero-order valence-corrected chi connectivity index (χ0v) is 14.6. The maximum atomic E-state index is 11.9. The molecule has 0 atom stereocenters. The maximum Gasteiger partial charge on any atom is 0.270 e. The van der Waals surface area contributed by atoms with Crippen LogP contribution in [0.2, 0.25) is 5.02 Å². The Balaban J connectivity index is 1.67. The second-order valence-electron chi connectivity index (χ2n) is 5.48. The van der Waals surface area contributed by atoms with Crippen LogP contribution in [0.15, 0.2) is 67.0 Å². The molecule has 1 N–H and O–H groups in total. The summed E-state index contributed by atoms with van der Waals surface area (Å²) < 4.78 is 0. The molecule has 3 aromatic rings. The molecule has 0 bridgehead atoms. The third-order valence-electron chi connectivity index (χ3n) is 3.53. The number of hydrogen-bond donors (Lipinski definition) is 1. The number of rotatable bonds is 5. The van der Waals surface area contributed by atoms with Gasteiger partial charge in [0.2, 0.25) is 5.91 Å². The van der Waals surface area contributed by atoms with E-state index in [9.17, 15) is 14.9 Å². The summed E-state index contributed by atoms with van der Waals surface area (Å²) in [5.41, 5.74) is 1.76. The van der Waals surface area contributed by atoms with Crippen molar-refractivity contribution in [3.63, 3.8) is 0 Å². The number of carbonyl (C=O) groups is 1. The quantitative estimate of drug-likeness (QED) is 0.403. The molecule has 0 fully saturated rings. The lowest BCUT2D eigenvalue weighted by molar-refractivity contribution is -0.384. The minimum Gasteiger partial charge on any atom is -0.323 e. The molecule has 134 valence electrons. The van der Waals surface area contributed by atoms with Crippen molar-refractivity contribution in [3.05, 3.63) is 87.7 Å². The molecular weight excluding hydrogens is 368 g/mol. The summed E-state index contributed by atoms with van der Waals surface area (Å²) in [5, 5.41) is 14.1. The fourth-order valence-corrected chi connectivity index (χ4v) is 2.35. The van der Waals surface area contributed by atoms with E-state index in [1.54, 1.807) is 42.5 Å². The van der Waals surface area contributed by atoms with Crippen LogP contribution in [0.4, 0.5) is 11.4 Å². The first-order valence-electron chi connectivity index (χ1n) is 7.83. The van der Waals surface area contributed by atoms with Gasteiger partial charge in [0, 0.05) is 52.4 Å². The lowest BCUT2D eigenvalue weighted by Crippen LogP contribution is -2.07. The first-order valence-corrected chi connectivity index (χ1v) is 8.20. The minimum absolute atomic E-state index is 0.0288. The Morgan fingerprint density at radius 2 is 1.81 bits per heavy atom. The van der Waals surface area contributed by atoms with Gasteiger partial charge in [-0.15, -0.1) is 0 Å². The number of anilines is 1. The highest BCUT2D eigenvalue weighted by atomic mass is 35.5. The van der Waals surface area contributed by atoms with E-state index in [0.29, 0.717) is 27.7 Å². The van der Waals surface area contributed by atoms with Crippen molar-refractivity contribution in [2.45, 2.75) is 0 Å². The second-order valence-corrected chi connectivity index (χ2v) is 5.91. The molecule has 0 unspecified atom stereocenters. The van der Waals surface area contributed by atoms with Gasteiger partial charge in [-0.3, -0.25) is 14.9 Å². The highest BCUT2D eigenvalue weighted by Gasteiger charge is 2.08. The minimum atomic E-state index is -0.472. The Morgan fingerprint density at radius 3 is 2.48 bits per heavy atom. The molecule has 0 saturated carbocycles. The number of aromatic nitrogens is 2. The van der Waals surface area contributed by atoms with E-state index >= 15 is 0 Å². The molecule has 0 radical (unpaired) electrons. The van der Waals surface area contributed by atoms with E-state index < -0.39 is 4.92 Å². The molecule has 0 saturated heterocycles. The van der Waals surface area contributed by atoms with Crippen molar-refractivity contribution >= 4 is 35.0 Å². The molecule has 1 heterocycles. The van der Waals surface area contributed by atoms with Crippen LogP contribution in [0.5, 0.6) is 0 Å². The number of benzene rings is 2. The van der Waals surface area contributed by atoms with Gasteiger partial charge in [-0.2, -0.15) is 0 Å². The molecule has 0 aliphatic rings. The molecule has 2 aromatic carbocycles. The van der Waals surface area contributed by atoms with E-state index in [1.807, 2.05) is 0 Å². The number of nitro benzene ring substituents is 1. The lowest BCUT2D eigenvalue weighted by Gasteiger charge is -2.02. The number of nitrogens with zero attached hydrogens (tertiary/aromatic N) is 3. The summed E-state index contributed by atoms with van der Waals surface area (Å²) in [7, 11) is 0. The van der Waals surface area contributed by atoms with Crippen molar-refractivity contribution in [1.82, 2.24) is 9.97 Å². The number of non-ortho nitro benzene ring substituents is 1. The van der Waals surface area contributed by atoms with Crippen LogP contribution in [0.3, 0.4) is 0 Å². The molecule has 1 amide bonds. The number of halogens is 1. The van der Waals surface area contributed by atoms with Crippen LogP contribution in [0.1, 0.15) is 5.56 Å². The highest BCUT2D eigenvalue weighted by Crippen LogP contribution is 2.20. The molecule has 0 spiro atoms. The van der Waals surface area contributed by atoms with Crippen LogP contribution < -0.4 is 5.32 Å². The largest absolute Gasteiger partial charge is 0.323 e. The topological polar surface area (TPSA) is 98.0 Å². The summed E-state index contributed by atoms with van der Waals surface area (Å²) in [4.78, 5) is 30.7. The van der Waals surface area contributed by atoms with E-state index in [-0.39, 0.29) is 11.6 Å². The predicted octanol–water partition coefficient (Wildman–Crippen LogP) is 4.36. The monoisotopic (exact) mass is 380 g/mol. The van der Waals surface area contributed by atoms with Gasteiger partial charge in [-0.1, -0.05) is 23.7 Å². The molecule has 0 aliphatic heterocycles. The summed E-state index contributed by atoms with van der Waals surface area (Å²) in [6.07, 6.45) is 6.00. The van der Waals surface area contributed by atoms with Crippen molar-refractivity contribution in [1.29, 1.82) is 0 Å². The fourth-order valence-electron chi connectivity index (χ4n) is 2.22. The maximum absolute atomic E-state index is 11.9. The molecule has 8 heteroatoms. The third kappa shape index (κ3) is 4.96. The average Bonchev–Trinajstić information content (AvgIpc) is 2.69. The first-order chi connectivity index (χ1) is 13.0. The molecule has 7 nitrogen and oxygen atoms in total. The van der Waals surface area contributed by atoms with Crippen molar-refractivity contribution < 1.29 is 9.72 Å². The highest BCUT2D eigenvalue weighted by molar-refractivity contribution is 6.30. The van der Waals surface area contributed by atoms with E-state index in [4.69, 9.17) is 11.6 Å². The van der Waals surface area contributed by atoms with Crippen molar-refractivity contribution in [2.75, 3.05) is 5.32 Å². The normalized spacial score (nSPS) is 10.7. The number of nitrogens with one attached hydrogen (secondary N) is 1. The molecule has 3 rings (SSSR count). The van der Waals surface area contributed by atoms with Crippen molar-refractivity contribution in [2.24, 2.45) is 0 Å². The molecule has 1 aromatic heterocycles. The van der Waals surface area contributed by atoms with E-state index in [2.05, 4.69) is 15.3 Å². The van der Waals surface area contributed by atoms with Gasteiger partial charge in [-0.25, -0.2) is 9.97 Å². The lowest BCUT2D eigenvalue weighted by atomic mass is 10.2. The second kappa shape index (κ2) is 8.20. The van der Waals surface area contributed by atoms with Crippen LogP contribution in [0.25, 0.3) is 17.5 Å². The summed E-state index contributed by atoms with van der Waals surface area (Å²) >= 11 is 5.80. The summed E-state index contributed by atoms with van der Waals surface area (Å²) in [6, 6.07) is 12.8. The Labute approximate surface area is 159 Å². The first kappa shape index (κ1) is 18.2. The van der Waals surface area contributed by atoms with Gasteiger partial charge in [-0.05, 0) is 30.3 Å². The van der Waals surface area contributed by atoms with E-state index in [0.717, 1.165) is 0 Å².